The Kier molecular flexibility index (Phi) is 6.68. The van der Waals surface area contributed by atoms with Crippen LogP contribution in [0.25, 0.3) is 11.0 Å². The maximum absolute atomic E-state index is 11.4. The van der Waals surface area contributed by atoms with Crippen molar-refractivity contribution in [1.82, 2.24) is 14.9 Å². The summed E-state index contributed by atoms with van der Waals surface area (Å²) in [7, 11) is 1.64. The van der Waals surface area contributed by atoms with Crippen LogP contribution in [0.1, 0.15) is 12.2 Å². The number of benzene rings is 2. The van der Waals surface area contributed by atoms with E-state index in [1.807, 2.05) is 42.5 Å². The second-order valence-electron chi connectivity index (χ2n) is 6.29. The fraction of sp³-hybridized carbons (Fsp3) is 0.273. The molecule has 0 aliphatic carbocycles. The minimum Gasteiger partial charge on any atom is -0.497 e. The molecule has 1 aromatic heterocycles. The van der Waals surface area contributed by atoms with Crippen LogP contribution in [0.2, 0.25) is 0 Å². The lowest BCUT2D eigenvalue weighted by molar-refractivity contribution is -0.116. The summed E-state index contributed by atoms with van der Waals surface area (Å²) in [6.07, 6.45) is 2.77. The molecule has 6 heteroatoms. The fourth-order valence-electron chi connectivity index (χ4n) is 3.04. The zero-order valence-electron chi connectivity index (χ0n) is 16.1. The first-order valence-electron chi connectivity index (χ1n) is 9.32. The van der Waals surface area contributed by atoms with Crippen LogP contribution in [-0.4, -0.2) is 35.7 Å². The van der Waals surface area contributed by atoms with E-state index in [1.54, 1.807) is 7.11 Å². The molecule has 0 unspecified atom stereocenters. The third kappa shape index (κ3) is 4.91. The highest BCUT2D eigenvalue weighted by molar-refractivity contribution is 5.86. The van der Waals surface area contributed by atoms with Crippen molar-refractivity contribution in [1.29, 1.82) is 0 Å². The minimum atomic E-state index is -0.172. The maximum Gasteiger partial charge on any atom is 0.243 e. The van der Waals surface area contributed by atoms with Gasteiger partial charge in [-0.2, -0.15) is 0 Å². The van der Waals surface area contributed by atoms with Gasteiger partial charge in [0.25, 0.3) is 0 Å². The van der Waals surface area contributed by atoms with Crippen LogP contribution >= 0.6 is 0 Å². The molecule has 2 aromatic carbocycles. The van der Waals surface area contributed by atoms with Crippen molar-refractivity contribution < 1.29 is 14.3 Å². The Balaban J connectivity index is 1.62. The summed E-state index contributed by atoms with van der Waals surface area (Å²) >= 11 is 0. The topological polar surface area (TPSA) is 65.4 Å². The van der Waals surface area contributed by atoms with Crippen molar-refractivity contribution >= 4 is 16.9 Å². The van der Waals surface area contributed by atoms with E-state index >= 15 is 0 Å². The Morgan fingerprint density at radius 1 is 1.21 bits per heavy atom. The number of rotatable bonds is 10. The normalized spacial score (nSPS) is 10.6. The highest BCUT2D eigenvalue weighted by Gasteiger charge is 2.10. The predicted molar refractivity (Wildman–Crippen MR) is 110 cm³/mol. The quantitative estimate of drug-likeness (QED) is 0.433. The number of carbonyl (C=O) groups is 1. The van der Waals surface area contributed by atoms with Crippen molar-refractivity contribution in [3.05, 3.63) is 67.0 Å². The van der Waals surface area contributed by atoms with Crippen molar-refractivity contribution in [2.24, 2.45) is 0 Å². The number of aryl methyl sites for hydroxylation is 1. The van der Waals surface area contributed by atoms with Gasteiger partial charge in [0.2, 0.25) is 5.91 Å². The Hall–Kier alpha value is -3.28. The van der Waals surface area contributed by atoms with E-state index in [0.717, 1.165) is 41.3 Å². The van der Waals surface area contributed by atoms with Gasteiger partial charge in [0, 0.05) is 25.6 Å². The summed E-state index contributed by atoms with van der Waals surface area (Å²) in [6.45, 7) is 5.37. The molecule has 0 radical (unpaired) electrons. The number of hydrogen-bond acceptors (Lipinski definition) is 4. The van der Waals surface area contributed by atoms with Gasteiger partial charge in [0.1, 0.15) is 17.3 Å². The summed E-state index contributed by atoms with van der Waals surface area (Å²) < 4.78 is 13.3. The van der Waals surface area contributed by atoms with Crippen LogP contribution in [0.5, 0.6) is 11.5 Å². The third-order valence-corrected chi connectivity index (χ3v) is 4.40. The molecule has 146 valence electrons. The number of methoxy groups -OCH3 is 1. The van der Waals surface area contributed by atoms with Crippen LogP contribution in [0.3, 0.4) is 0 Å². The maximum atomic E-state index is 11.4. The summed E-state index contributed by atoms with van der Waals surface area (Å²) in [5.41, 5.74) is 2.05. The standard InChI is InChI=1S/C22H25N3O3/c1-3-22(26)23-13-12-21-24-19-10-4-5-11-20(19)25(21)14-7-15-28-18-9-6-8-17(16-18)27-2/h3-6,8-11,16H,1,7,12-15H2,2H3,(H,23,26). The molecule has 0 saturated carbocycles. The molecule has 0 saturated heterocycles. The SMILES string of the molecule is C=CC(=O)NCCc1nc2ccccc2n1CCCOc1cccc(OC)c1. The van der Waals surface area contributed by atoms with E-state index in [1.165, 1.54) is 6.08 Å². The van der Waals surface area contributed by atoms with Gasteiger partial charge in [0.05, 0.1) is 24.8 Å². The van der Waals surface area contributed by atoms with Gasteiger partial charge >= 0.3 is 0 Å². The zero-order valence-corrected chi connectivity index (χ0v) is 16.1. The summed E-state index contributed by atoms with van der Waals surface area (Å²) in [6, 6.07) is 15.7. The lowest BCUT2D eigenvalue weighted by atomic mass is 10.3. The summed E-state index contributed by atoms with van der Waals surface area (Å²) in [4.78, 5) is 16.1. The largest absolute Gasteiger partial charge is 0.497 e. The molecule has 0 aliphatic rings. The Labute approximate surface area is 164 Å². The fourth-order valence-corrected chi connectivity index (χ4v) is 3.04. The van der Waals surface area contributed by atoms with Gasteiger partial charge in [-0.1, -0.05) is 24.8 Å². The number of imidazole rings is 1. The number of fused-ring (bicyclic) bond motifs is 1. The van der Waals surface area contributed by atoms with Crippen molar-refractivity contribution in [2.75, 3.05) is 20.3 Å². The lowest BCUT2D eigenvalue weighted by Crippen LogP contribution is -2.24. The van der Waals surface area contributed by atoms with E-state index in [0.29, 0.717) is 19.6 Å². The minimum absolute atomic E-state index is 0.172. The first-order chi connectivity index (χ1) is 13.7. The number of para-hydroxylation sites is 2. The molecule has 3 rings (SSSR count). The average molecular weight is 379 g/mol. The number of nitrogens with one attached hydrogen (secondary N) is 1. The number of nitrogens with zero attached hydrogens (tertiary/aromatic N) is 2. The van der Waals surface area contributed by atoms with Crippen LogP contribution in [0, 0.1) is 0 Å². The lowest BCUT2D eigenvalue weighted by Gasteiger charge is -2.11. The molecule has 0 atom stereocenters. The second-order valence-corrected chi connectivity index (χ2v) is 6.29. The second kappa shape index (κ2) is 9.60. The molecular weight excluding hydrogens is 354 g/mol. The molecule has 0 spiro atoms. The Morgan fingerprint density at radius 3 is 2.86 bits per heavy atom. The number of ether oxygens (including phenoxy) is 2. The molecular formula is C22H25N3O3. The van der Waals surface area contributed by atoms with Gasteiger partial charge in [0.15, 0.2) is 0 Å². The van der Waals surface area contributed by atoms with Crippen LogP contribution in [-0.2, 0) is 17.8 Å². The third-order valence-electron chi connectivity index (χ3n) is 4.40. The number of hydrogen-bond donors (Lipinski definition) is 1. The van der Waals surface area contributed by atoms with E-state index < -0.39 is 0 Å². The first-order valence-corrected chi connectivity index (χ1v) is 9.32. The molecule has 28 heavy (non-hydrogen) atoms. The monoisotopic (exact) mass is 379 g/mol. The molecule has 6 nitrogen and oxygen atoms in total. The first kappa shape index (κ1) is 19.5. The molecule has 1 heterocycles. The van der Waals surface area contributed by atoms with E-state index in [9.17, 15) is 4.79 Å². The Bertz CT molecular complexity index is 949. The number of aromatic nitrogens is 2. The van der Waals surface area contributed by atoms with E-state index in [4.69, 9.17) is 14.5 Å². The molecule has 1 amide bonds. The highest BCUT2D eigenvalue weighted by atomic mass is 16.5. The molecule has 3 aromatic rings. The molecule has 0 bridgehead atoms. The van der Waals surface area contributed by atoms with Gasteiger partial charge in [-0.3, -0.25) is 4.79 Å². The summed E-state index contributed by atoms with van der Waals surface area (Å²) in [5, 5.41) is 2.81. The predicted octanol–water partition coefficient (Wildman–Crippen LogP) is 3.36. The Morgan fingerprint density at radius 2 is 2.04 bits per heavy atom. The molecule has 0 fully saturated rings. The van der Waals surface area contributed by atoms with Gasteiger partial charge in [-0.15, -0.1) is 0 Å². The highest BCUT2D eigenvalue weighted by Crippen LogP contribution is 2.20. The van der Waals surface area contributed by atoms with Crippen LogP contribution < -0.4 is 14.8 Å². The molecule has 0 aliphatic heterocycles. The van der Waals surface area contributed by atoms with E-state index in [2.05, 4.69) is 22.5 Å². The van der Waals surface area contributed by atoms with E-state index in [-0.39, 0.29) is 5.91 Å². The number of carbonyl (C=O) groups excluding carboxylic acids is 1. The van der Waals surface area contributed by atoms with Crippen LogP contribution in [0.15, 0.2) is 61.2 Å². The smallest absolute Gasteiger partial charge is 0.243 e. The average Bonchev–Trinajstić information content (AvgIpc) is 3.08. The van der Waals surface area contributed by atoms with Crippen molar-refractivity contribution in [3.8, 4) is 11.5 Å². The van der Waals surface area contributed by atoms with Crippen molar-refractivity contribution in [2.45, 2.75) is 19.4 Å². The molecule has 1 N–H and O–H groups in total. The van der Waals surface area contributed by atoms with Gasteiger partial charge in [-0.05, 0) is 36.8 Å². The van der Waals surface area contributed by atoms with Gasteiger partial charge < -0.3 is 19.4 Å². The van der Waals surface area contributed by atoms with Gasteiger partial charge in [-0.25, -0.2) is 4.98 Å². The number of amides is 1. The summed E-state index contributed by atoms with van der Waals surface area (Å²) in [5.74, 6) is 2.35. The van der Waals surface area contributed by atoms with Crippen molar-refractivity contribution in [3.63, 3.8) is 0 Å². The zero-order chi connectivity index (χ0) is 19.8. The van der Waals surface area contributed by atoms with Crippen LogP contribution in [0.4, 0.5) is 0 Å².